The molecule has 2 aliphatic heterocycles. The number of carbonyl (C=O) groups excluding carboxylic acids is 2. The van der Waals surface area contributed by atoms with Gasteiger partial charge in [0.15, 0.2) is 17.7 Å². The van der Waals surface area contributed by atoms with Gasteiger partial charge in [0.05, 0.1) is 12.6 Å². The number of nitrogens with zero attached hydrogens (tertiary/aromatic N) is 2. The summed E-state index contributed by atoms with van der Waals surface area (Å²) in [6.07, 6.45) is 1.55. The quantitative estimate of drug-likeness (QED) is 0.804. The Morgan fingerprint density at radius 2 is 1.93 bits per heavy atom. The van der Waals surface area contributed by atoms with Gasteiger partial charge in [0.2, 0.25) is 5.43 Å². The fourth-order valence-corrected chi connectivity index (χ4v) is 3.73. The van der Waals surface area contributed by atoms with Gasteiger partial charge in [-0.05, 0) is 18.9 Å². The highest BCUT2D eigenvalue weighted by Crippen LogP contribution is 2.33. The van der Waals surface area contributed by atoms with Gasteiger partial charge in [-0.2, -0.15) is 0 Å². The Hall–Kier alpha value is -3.13. The molecule has 0 radical (unpaired) electrons. The smallest absolute Gasteiger partial charge is 0.276 e. The molecule has 0 saturated carbocycles. The third-order valence-corrected chi connectivity index (χ3v) is 5.20. The summed E-state index contributed by atoms with van der Waals surface area (Å²) in [4.78, 5) is 39.5. The third-order valence-electron chi connectivity index (χ3n) is 5.20. The number of amides is 2. The molecule has 2 N–H and O–H groups in total. The van der Waals surface area contributed by atoms with E-state index in [4.69, 9.17) is 4.74 Å². The van der Waals surface area contributed by atoms with Crippen LogP contribution in [0.1, 0.15) is 59.6 Å². The minimum absolute atomic E-state index is 0.0983. The lowest BCUT2D eigenvalue weighted by Gasteiger charge is -2.44. The van der Waals surface area contributed by atoms with E-state index in [0.29, 0.717) is 19.6 Å². The molecule has 1 aromatic heterocycles. The average molecular weight is 413 g/mol. The van der Waals surface area contributed by atoms with Gasteiger partial charge in [0, 0.05) is 19.3 Å². The Bertz CT molecular complexity index is 986. The monoisotopic (exact) mass is 413 g/mol. The van der Waals surface area contributed by atoms with Crippen LogP contribution in [0.15, 0.2) is 41.3 Å². The van der Waals surface area contributed by atoms with Crippen LogP contribution in [0.5, 0.6) is 5.75 Å². The van der Waals surface area contributed by atoms with Crippen molar-refractivity contribution in [2.45, 2.75) is 46.0 Å². The minimum Gasteiger partial charge on any atom is -0.503 e. The molecule has 1 aromatic carbocycles. The molecule has 2 atom stereocenters. The normalized spacial score (nSPS) is 19.8. The molecule has 8 nitrogen and oxygen atoms in total. The van der Waals surface area contributed by atoms with Crippen molar-refractivity contribution in [2.75, 3.05) is 13.2 Å². The fraction of sp³-hybridized carbons (Fsp3) is 0.409. The molecule has 160 valence electrons. The molecule has 2 amide bonds. The van der Waals surface area contributed by atoms with E-state index in [1.165, 1.54) is 15.7 Å². The number of nitrogens with one attached hydrogen (secondary N) is 1. The predicted molar refractivity (Wildman–Crippen MR) is 111 cm³/mol. The first-order chi connectivity index (χ1) is 14.5. The number of ether oxygens (including phenoxy) is 1. The molecule has 4 rings (SSSR count). The number of rotatable bonds is 3. The van der Waals surface area contributed by atoms with Crippen molar-refractivity contribution in [3.8, 4) is 5.75 Å². The van der Waals surface area contributed by atoms with E-state index in [2.05, 4.69) is 5.32 Å². The second-order valence-electron chi connectivity index (χ2n) is 7.00. The van der Waals surface area contributed by atoms with Crippen molar-refractivity contribution in [3.05, 3.63) is 63.6 Å². The predicted octanol–water partition coefficient (Wildman–Crippen LogP) is 2.27. The summed E-state index contributed by atoms with van der Waals surface area (Å²) in [7, 11) is 0. The molecule has 0 spiro atoms. The van der Waals surface area contributed by atoms with Crippen LogP contribution in [-0.4, -0.2) is 45.8 Å². The average Bonchev–Trinajstić information content (AvgIpc) is 2.79. The maximum Gasteiger partial charge on any atom is 0.276 e. The van der Waals surface area contributed by atoms with Crippen molar-refractivity contribution in [2.24, 2.45) is 0 Å². The molecule has 1 saturated heterocycles. The number of carbonyl (C=O) groups is 2. The Kier molecular flexibility index (Phi) is 6.56. The van der Waals surface area contributed by atoms with Crippen molar-refractivity contribution < 1.29 is 19.4 Å². The third kappa shape index (κ3) is 3.82. The minimum atomic E-state index is -0.853. The van der Waals surface area contributed by atoms with E-state index in [0.717, 1.165) is 5.56 Å². The van der Waals surface area contributed by atoms with Gasteiger partial charge in [-0.1, -0.05) is 44.2 Å². The zero-order chi connectivity index (χ0) is 21.8. The van der Waals surface area contributed by atoms with E-state index >= 15 is 0 Å². The van der Waals surface area contributed by atoms with Gasteiger partial charge < -0.3 is 24.6 Å². The molecule has 0 aliphatic carbocycles. The van der Waals surface area contributed by atoms with Crippen LogP contribution in [0.25, 0.3) is 0 Å². The van der Waals surface area contributed by atoms with Crippen LogP contribution in [0.2, 0.25) is 0 Å². The Morgan fingerprint density at radius 1 is 1.23 bits per heavy atom. The van der Waals surface area contributed by atoms with Crippen LogP contribution in [0.4, 0.5) is 0 Å². The van der Waals surface area contributed by atoms with E-state index < -0.39 is 29.2 Å². The van der Waals surface area contributed by atoms with Crippen molar-refractivity contribution in [1.29, 1.82) is 0 Å². The maximum atomic E-state index is 12.8. The van der Waals surface area contributed by atoms with Crippen molar-refractivity contribution in [1.82, 2.24) is 14.8 Å². The molecule has 1 fully saturated rings. The SMILES string of the molecule is CC.CC1C2OCCCN2C(=O)c2c(O)c(=O)c(C(=O)NCc3ccccc3)cn21. The summed E-state index contributed by atoms with van der Waals surface area (Å²) in [6.45, 7) is 7.11. The van der Waals surface area contributed by atoms with Crippen LogP contribution >= 0.6 is 0 Å². The van der Waals surface area contributed by atoms with E-state index in [1.807, 2.05) is 51.1 Å². The number of hydrogen-bond donors (Lipinski definition) is 2. The van der Waals surface area contributed by atoms with Crippen LogP contribution in [0.3, 0.4) is 0 Å². The van der Waals surface area contributed by atoms with Gasteiger partial charge in [-0.15, -0.1) is 0 Å². The number of aromatic nitrogens is 1. The topological polar surface area (TPSA) is 101 Å². The summed E-state index contributed by atoms with van der Waals surface area (Å²) >= 11 is 0. The molecular formula is C22H27N3O5. The molecule has 2 aliphatic rings. The van der Waals surface area contributed by atoms with Crippen molar-refractivity contribution in [3.63, 3.8) is 0 Å². The molecule has 30 heavy (non-hydrogen) atoms. The van der Waals surface area contributed by atoms with Gasteiger partial charge in [-0.25, -0.2) is 0 Å². The largest absolute Gasteiger partial charge is 0.503 e. The Balaban J connectivity index is 0.00000124. The summed E-state index contributed by atoms with van der Waals surface area (Å²) in [5.41, 5.74) is -0.276. The highest BCUT2D eigenvalue weighted by Gasteiger charge is 2.42. The number of benzene rings is 1. The van der Waals surface area contributed by atoms with Gasteiger partial charge in [0.25, 0.3) is 11.8 Å². The Morgan fingerprint density at radius 3 is 2.63 bits per heavy atom. The fourth-order valence-electron chi connectivity index (χ4n) is 3.73. The highest BCUT2D eigenvalue weighted by molar-refractivity contribution is 5.99. The number of hydrogen-bond acceptors (Lipinski definition) is 5. The highest BCUT2D eigenvalue weighted by atomic mass is 16.5. The summed E-state index contributed by atoms with van der Waals surface area (Å²) < 4.78 is 7.20. The molecule has 2 unspecified atom stereocenters. The van der Waals surface area contributed by atoms with Crippen molar-refractivity contribution >= 4 is 11.8 Å². The van der Waals surface area contributed by atoms with Crippen LogP contribution in [-0.2, 0) is 11.3 Å². The van der Waals surface area contributed by atoms with Gasteiger partial charge in [0.1, 0.15) is 5.56 Å². The zero-order valence-corrected chi connectivity index (χ0v) is 17.4. The first-order valence-corrected chi connectivity index (χ1v) is 10.2. The first-order valence-electron chi connectivity index (χ1n) is 10.2. The Labute approximate surface area is 175 Å². The summed E-state index contributed by atoms with van der Waals surface area (Å²) in [5, 5.41) is 13.1. The van der Waals surface area contributed by atoms with E-state index in [-0.39, 0.29) is 23.8 Å². The van der Waals surface area contributed by atoms with Crippen LogP contribution in [0, 0.1) is 0 Å². The lowest BCUT2D eigenvalue weighted by Crippen LogP contribution is -2.55. The summed E-state index contributed by atoms with van der Waals surface area (Å²) in [6, 6.07) is 8.93. The number of fused-ring (bicyclic) bond motifs is 2. The zero-order valence-electron chi connectivity index (χ0n) is 17.4. The first kappa shape index (κ1) is 21.6. The van der Waals surface area contributed by atoms with Crippen LogP contribution < -0.4 is 10.7 Å². The second-order valence-corrected chi connectivity index (χ2v) is 7.00. The molecule has 0 bridgehead atoms. The molecule has 2 aromatic rings. The molecular weight excluding hydrogens is 386 g/mol. The molecule has 8 heteroatoms. The number of aromatic hydroxyl groups is 1. The number of pyridine rings is 1. The van der Waals surface area contributed by atoms with Gasteiger partial charge in [-0.3, -0.25) is 14.4 Å². The second kappa shape index (κ2) is 9.13. The van der Waals surface area contributed by atoms with E-state index in [9.17, 15) is 19.5 Å². The standard InChI is InChI=1S/C20H21N3O5.C2H6/c1-12-20-22(8-5-9-28-20)19(27)15-17(25)16(24)14(11-23(12)15)18(26)21-10-13-6-3-2-4-7-13;1-2/h2-4,6-7,11-12,20,25H,5,8-10H2,1H3,(H,21,26);1-2H3. The lowest BCUT2D eigenvalue weighted by atomic mass is 10.1. The lowest BCUT2D eigenvalue weighted by molar-refractivity contribution is -0.108. The van der Waals surface area contributed by atoms with Gasteiger partial charge >= 0.3 is 0 Å². The maximum absolute atomic E-state index is 12.8. The molecule has 3 heterocycles. The summed E-state index contributed by atoms with van der Waals surface area (Å²) in [5.74, 6) is -1.77. The van der Waals surface area contributed by atoms with E-state index in [1.54, 1.807) is 0 Å².